The fraction of sp³-hybridized carbons (Fsp3) is 0.733. The van der Waals surface area contributed by atoms with E-state index in [0.717, 1.165) is 0 Å². The van der Waals surface area contributed by atoms with Gasteiger partial charge in [0.15, 0.2) is 0 Å². The Hall–Kier alpha value is -1.61. The maximum atomic E-state index is 12.0. The number of esters is 1. The molecule has 0 heterocycles. The quantitative estimate of drug-likeness (QED) is 0.325. The Bertz CT molecular complexity index is 476. The minimum Gasteiger partial charge on any atom is -0.459 e. The van der Waals surface area contributed by atoms with Crippen molar-refractivity contribution in [3.8, 4) is 0 Å². The predicted octanol–water partition coefficient (Wildman–Crippen LogP) is -0.445. The molecule has 0 bridgehead atoms. The lowest BCUT2D eigenvalue weighted by atomic mass is 10.1. The van der Waals surface area contributed by atoms with Gasteiger partial charge in [0.1, 0.15) is 24.0 Å². The number of carbonyl (C=O) groups is 4. The van der Waals surface area contributed by atoms with Crippen LogP contribution in [0.1, 0.15) is 40.5 Å². The zero-order chi connectivity index (χ0) is 18.9. The lowest BCUT2D eigenvalue weighted by molar-refractivity contribution is -0.154. The number of carbonyl (C=O) groups excluding carboxylic acids is 4. The van der Waals surface area contributed by atoms with E-state index in [0.29, 0.717) is 0 Å². The lowest BCUT2D eigenvalue weighted by Gasteiger charge is -2.20. The van der Waals surface area contributed by atoms with Crippen LogP contribution >= 0.6 is 12.6 Å². The number of nitrogens with one attached hydrogen (secondary N) is 2. The Morgan fingerprint density at radius 2 is 1.79 bits per heavy atom. The number of amides is 2. The average Bonchev–Trinajstić information content (AvgIpc) is 2.45. The monoisotopic (exact) mass is 361 g/mol. The molecule has 8 nitrogen and oxygen atoms in total. The highest BCUT2D eigenvalue weighted by Gasteiger charge is 2.22. The number of hydrogen-bond acceptors (Lipinski definition) is 7. The van der Waals surface area contributed by atoms with E-state index in [1.165, 1.54) is 6.92 Å². The molecule has 24 heavy (non-hydrogen) atoms. The maximum absolute atomic E-state index is 12.0. The Kier molecular flexibility index (Phi) is 9.60. The Morgan fingerprint density at radius 3 is 2.25 bits per heavy atom. The summed E-state index contributed by atoms with van der Waals surface area (Å²) < 4.78 is 5.06. The third-order valence-electron chi connectivity index (χ3n) is 2.87. The van der Waals surface area contributed by atoms with Crippen LogP contribution in [0.3, 0.4) is 0 Å². The molecule has 0 aromatic heterocycles. The Labute approximate surface area is 147 Å². The standard InChI is InChI=1S/C15H27N3O5S/c1-9(19)10(16)5-6-12(20)18-11(8-24)14(22)17-7-13(21)23-15(2,3)4/h10-11,24H,5-8,16H2,1-4H3,(H,17,22)(H,18,20). The highest BCUT2D eigenvalue weighted by molar-refractivity contribution is 7.80. The number of ketones is 1. The van der Waals surface area contributed by atoms with Crippen molar-refractivity contribution in [3.05, 3.63) is 0 Å². The van der Waals surface area contributed by atoms with Crippen molar-refractivity contribution in [1.82, 2.24) is 10.6 Å². The number of thiol groups is 1. The number of ether oxygens (including phenoxy) is 1. The maximum Gasteiger partial charge on any atom is 0.325 e. The van der Waals surface area contributed by atoms with Gasteiger partial charge in [0.2, 0.25) is 11.8 Å². The minimum absolute atomic E-state index is 0.0182. The smallest absolute Gasteiger partial charge is 0.325 e. The van der Waals surface area contributed by atoms with Gasteiger partial charge in [-0.1, -0.05) is 0 Å². The van der Waals surface area contributed by atoms with Crippen LogP contribution in [-0.2, 0) is 23.9 Å². The largest absolute Gasteiger partial charge is 0.459 e. The van der Waals surface area contributed by atoms with Crippen LogP contribution in [-0.4, -0.2) is 53.5 Å². The van der Waals surface area contributed by atoms with E-state index >= 15 is 0 Å². The molecule has 0 aromatic rings. The van der Waals surface area contributed by atoms with E-state index in [-0.39, 0.29) is 30.9 Å². The van der Waals surface area contributed by atoms with Crippen molar-refractivity contribution in [2.75, 3.05) is 12.3 Å². The molecule has 0 aliphatic rings. The Balaban J connectivity index is 4.32. The summed E-state index contributed by atoms with van der Waals surface area (Å²) in [6.45, 7) is 6.20. The lowest BCUT2D eigenvalue weighted by Crippen LogP contribution is -2.49. The molecule has 2 atom stereocenters. The first-order valence-electron chi connectivity index (χ1n) is 7.62. The third-order valence-corrected chi connectivity index (χ3v) is 3.23. The molecule has 2 amide bonds. The molecule has 4 N–H and O–H groups in total. The molecule has 0 aliphatic heterocycles. The first-order valence-corrected chi connectivity index (χ1v) is 8.25. The fourth-order valence-electron chi connectivity index (χ4n) is 1.61. The molecule has 0 spiro atoms. The summed E-state index contributed by atoms with van der Waals surface area (Å²) in [5, 5.41) is 4.87. The molecule has 0 fully saturated rings. The zero-order valence-electron chi connectivity index (χ0n) is 14.5. The summed E-state index contributed by atoms with van der Waals surface area (Å²) in [6.07, 6.45) is 0.213. The second kappa shape index (κ2) is 10.3. The normalized spacial score (nSPS) is 13.6. The van der Waals surface area contributed by atoms with E-state index < -0.39 is 35.5 Å². The first-order chi connectivity index (χ1) is 11.0. The molecule has 2 unspecified atom stereocenters. The first kappa shape index (κ1) is 22.4. The number of nitrogens with two attached hydrogens (primary N) is 1. The van der Waals surface area contributed by atoms with Gasteiger partial charge in [0.25, 0.3) is 0 Å². The molecule has 0 saturated carbocycles. The fourth-order valence-corrected chi connectivity index (χ4v) is 1.87. The van der Waals surface area contributed by atoms with Crippen LogP contribution in [0.25, 0.3) is 0 Å². The number of hydrogen-bond donors (Lipinski definition) is 4. The van der Waals surface area contributed by atoms with Gasteiger partial charge in [0, 0.05) is 12.2 Å². The molecule has 0 saturated heterocycles. The molecular formula is C15H27N3O5S. The third kappa shape index (κ3) is 10.2. The van der Waals surface area contributed by atoms with Crippen LogP contribution in [0, 0.1) is 0 Å². The number of Topliss-reactive ketones (excluding diaryl/α,β-unsaturated/α-hetero) is 1. The summed E-state index contributed by atoms with van der Waals surface area (Å²) in [5.74, 6) is -1.68. The molecule has 0 rings (SSSR count). The van der Waals surface area contributed by atoms with Gasteiger partial charge < -0.3 is 21.1 Å². The zero-order valence-corrected chi connectivity index (χ0v) is 15.4. The van der Waals surface area contributed by atoms with E-state index in [4.69, 9.17) is 10.5 Å². The second-order valence-electron chi connectivity index (χ2n) is 6.36. The van der Waals surface area contributed by atoms with E-state index in [1.807, 2.05) is 0 Å². The predicted molar refractivity (Wildman–Crippen MR) is 92.5 cm³/mol. The van der Waals surface area contributed by atoms with Crippen molar-refractivity contribution in [2.24, 2.45) is 5.73 Å². The van der Waals surface area contributed by atoms with Crippen LogP contribution in [0.4, 0.5) is 0 Å². The summed E-state index contributed by atoms with van der Waals surface area (Å²) in [5.41, 5.74) is 4.90. The van der Waals surface area contributed by atoms with Crippen LogP contribution in [0.5, 0.6) is 0 Å². The second-order valence-corrected chi connectivity index (χ2v) is 6.73. The highest BCUT2D eigenvalue weighted by atomic mass is 32.1. The van der Waals surface area contributed by atoms with Gasteiger partial charge >= 0.3 is 5.97 Å². The average molecular weight is 361 g/mol. The van der Waals surface area contributed by atoms with Gasteiger partial charge in [-0.3, -0.25) is 19.2 Å². The SMILES string of the molecule is CC(=O)C(N)CCC(=O)NC(CS)C(=O)NCC(=O)OC(C)(C)C. The van der Waals surface area contributed by atoms with Gasteiger partial charge in [-0.25, -0.2) is 0 Å². The summed E-state index contributed by atoms with van der Waals surface area (Å²) in [6, 6.07) is -1.59. The highest BCUT2D eigenvalue weighted by Crippen LogP contribution is 2.06. The van der Waals surface area contributed by atoms with Crippen LogP contribution in [0.2, 0.25) is 0 Å². The van der Waals surface area contributed by atoms with E-state index in [1.54, 1.807) is 20.8 Å². The molecule has 9 heteroatoms. The van der Waals surface area contributed by atoms with Crippen molar-refractivity contribution in [3.63, 3.8) is 0 Å². The van der Waals surface area contributed by atoms with Crippen molar-refractivity contribution >= 4 is 36.2 Å². The molecular weight excluding hydrogens is 334 g/mol. The van der Waals surface area contributed by atoms with Gasteiger partial charge in [-0.05, 0) is 34.1 Å². The Morgan fingerprint density at radius 1 is 1.21 bits per heavy atom. The van der Waals surface area contributed by atoms with Crippen molar-refractivity contribution in [1.29, 1.82) is 0 Å². The van der Waals surface area contributed by atoms with Crippen LogP contribution < -0.4 is 16.4 Å². The van der Waals surface area contributed by atoms with Gasteiger partial charge in [0.05, 0.1) is 6.04 Å². The van der Waals surface area contributed by atoms with Gasteiger partial charge in [-0.15, -0.1) is 0 Å². The van der Waals surface area contributed by atoms with Gasteiger partial charge in [-0.2, -0.15) is 12.6 Å². The van der Waals surface area contributed by atoms with Crippen molar-refractivity contribution < 1.29 is 23.9 Å². The minimum atomic E-state index is -0.892. The topological polar surface area (TPSA) is 128 Å². The summed E-state index contributed by atoms with van der Waals surface area (Å²) in [7, 11) is 0. The molecule has 138 valence electrons. The molecule has 0 aromatic carbocycles. The summed E-state index contributed by atoms with van der Waals surface area (Å²) >= 11 is 4.01. The number of rotatable bonds is 9. The van der Waals surface area contributed by atoms with Crippen molar-refractivity contribution in [2.45, 2.75) is 58.2 Å². The molecule has 0 radical (unpaired) electrons. The van der Waals surface area contributed by atoms with E-state index in [2.05, 4.69) is 23.3 Å². The van der Waals surface area contributed by atoms with E-state index in [9.17, 15) is 19.2 Å². The van der Waals surface area contributed by atoms with Crippen LogP contribution in [0.15, 0.2) is 0 Å². The summed E-state index contributed by atoms with van der Waals surface area (Å²) in [4.78, 5) is 46.3. The molecule has 0 aliphatic carbocycles.